The maximum absolute atomic E-state index is 5.48. The molecule has 3 nitrogen and oxygen atoms in total. The van der Waals surface area contributed by atoms with Crippen LogP contribution in [0.1, 0.15) is 49.9 Å². The number of hydrogen-bond donors (Lipinski definition) is 0. The van der Waals surface area contributed by atoms with Crippen LogP contribution in [0.15, 0.2) is 200 Å². The summed E-state index contributed by atoms with van der Waals surface area (Å²) in [4.78, 5) is 2.52. The summed E-state index contributed by atoms with van der Waals surface area (Å²) < 4.78 is 2.18. The zero-order valence-corrected chi connectivity index (χ0v) is 35.4. The van der Waals surface area contributed by atoms with E-state index in [4.69, 9.17) is 5.10 Å². The van der Waals surface area contributed by atoms with Crippen molar-refractivity contribution in [2.45, 2.75) is 38.5 Å². The van der Waals surface area contributed by atoms with Crippen molar-refractivity contribution in [3.63, 3.8) is 0 Å². The quantitative estimate of drug-likeness (QED) is 0.167. The van der Waals surface area contributed by atoms with E-state index in [9.17, 15) is 0 Å². The minimum atomic E-state index is -0.146. The zero-order chi connectivity index (χ0) is 41.7. The van der Waals surface area contributed by atoms with Gasteiger partial charge in [0.2, 0.25) is 0 Å². The summed E-state index contributed by atoms with van der Waals surface area (Å²) in [5.74, 6) is 0. The molecule has 0 saturated heterocycles. The maximum atomic E-state index is 5.48. The van der Waals surface area contributed by atoms with E-state index >= 15 is 0 Å². The second-order valence-corrected chi connectivity index (χ2v) is 18.0. The smallest absolute Gasteiger partial charge is 0.101 e. The number of pyridine rings is 1. The van der Waals surface area contributed by atoms with Crippen LogP contribution in [0.4, 0.5) is 17.1 Å². The molecule has 0 unspecified atom stereocenters. The van der Waals surface area contributed by atoms with E-state index in [2.05, 4.69) is 237 Å². The number of nitrogens with zero attached hydrogens (tertiary/aromatic N) is 3. The highest BCUT2D eigenvalue weighted by atomic mass is 15.2. The Kier molecular flexibility index (Phi) is 7.92. The molecule has 12 rings (SSSR count). The van der Waals surface area contributed by atoms with E-state index in [1.54, 1.807) is 0 Å². The van der Waals surface area contributed by atoms with Gasteiger partial charge in [-0.05, 0) is 86.3 Å². The molecular weight excluding hydrogens is 751 g/mol. The van der Waals surface area contributed by atoms with Crippen LogP contribution < -0.4 is 4.90 Å². The van der Waals surface area contributed by atoms with Gasteiger partial charge in [0.15, 0.2) is 0 Å². The highest BCUT2D eigenvalue weighted by Gasteiger charge is 2.39. The Morgan fingerprint density at radius 2 is 0.968 bits per heavy atom. The second kappa shape index (κ2) is 13.5. The van der Waals surface area contributed by atoms with Gasteiger partial charge < -0.3 is 4.90 Å². The summed E-state index contributed by atoms with van der Waals surface area (Å²) in [5.41, 5.74) is 21.4. The number of benzene rings is 8. The van der Waals surface area contributed by atoms with Gasteiger partial charge in [-0.25, -0.2) is 4.52 Å². The van der Waals surface area contributed by atoms with E-state index in [1.165, 1.54) is 50.2 Å². The molecule has 2 aromatic heterocycles. The van der Waals surface area contributed by atoms with Crippen LogP contribution >= 0.6 is 0 Å². The van der Waals surface area contributed by atoms with Gasteiger partial charge in [-0.3, -0.25) is 0 Å². The van der Waals surface area contributed by atoms with Crippen LogP contribution in [0, 0.1) is 0 Å². The summed E-state index contributed by atoms with van der Waals surface area (Å²) in [7, 11) is 0. The zero-order valence-electron chi connectivity index (χ0n) is 35.4. The largest absolute Gasteiger partial charge is 0.310 e. The van der Waals surface area contributed by atoms with Gasteiger partial charge in [0.05, 0.1) is 16.9 Å². The lowest BCUT2D eigenvalue weighted by atomic mass is 9.82. The molecule has 2 heterocycles. The Balaban J connectivity index is 1.16. The second-order valence-electron chi connectivity index (χ2n) is 18.0. The molecular formula is C59H45N3. The summed E-state index contributed by atoms with van der Waals surface area (Å²) in [6.45, 7) is 9.48. The summed E-state index contributed by atoms with van der Waals surface area (Å²) in [6.07, 6.45) is 0. The molecule has 10 aromatic rings. The van der Waals surface area contributed by atoms with Gasteiger partial charge in [-0.2, -0.15) is 5.10 Å². The molecule has 296 valence electrons. The van der Waals surface area contributed by atoms with Crippen molar-refractivity contribution in [1.82, 2.24) is 9.61 Å². The van der Waals surface area contributed by atoms with Crippen molar-refractivity contribution >= 4 is 33.4 Å². The third-order valence-corrected chi connectivity index (χ3v) is 13.8. The Hall–Kier alpha value is -7.49. The van der Waals surface area contributed by atoms with Crippen LogP contribution in [0.2, 0.25) is 0 Å². The molecule has 0 aliphatic heterocycles. The van der Waals surface area contributed by atoms with Crippen LogP contribution in [0.5, 0.6) is 0 Å². The summed E-state index contributed by atoms with van der Waals surface area (Å²) >= 11 is 0. The molecule has 0 spiro atoms. The van der Waals surface area contributed by atoms with Crippen molar-refractivity contribution < 1.29 is 0 Å². The molecule has 0 saturated carbocycles. The fourth-order valence-electron chi connectivity index (χ4n) is 10.7. The van der Waals surface area contributed by atoms with Crippen LogP contribution in [0.25, 0.3) is 72.2 Å². The Morgan fingerprint density at radius 1 is 0.419 bits per heavy atom. The van der Waals surface area contributed by atoms with Gasteiger partial charge in [0.25, 0.3) is 0 Å². The third kappa shape index (κ3) is 5.28. The summed E-state index contributed by atoms with van der Waals surface area (Å²) in [6, 6.07) is 73.5. The number of fused-ring (bicyclic) bond motifs is 9. The van der Waals surface area contributed by atoms with E-state index < -0.39 is 0 Å². The van der Waals surface area contributed by atoms with Crippen molar-refractivity contribution in [3.8, 4) is 55.9 Å². The van der Waals surface area contributed by atoms with E-state index in [0.29, 0.717) is 0 Å². The van der Waals surface area contributed by atoms with E-state index in [0.717, 1.165) is 61.3 Å². The first-order valence-electron chi connectivity index (χ1n) is 21.7. The monoisotopic (exact) mass is 795 g/mol. The molecule has 3 heteroatoms. The molecule has 0 amide bonds. The van der Waals surface area contributed by atoms with Crippen molar-refractivity contribution in [3.05, 3.63) is 222 Å². The van der Waals surface area contributed by atoms with Crippen LogP contribution in [0.3, 0.4) is 0 Å². The summed E-state index contributed by atoms with van der Waals surface area (Å²) in [5, 5.41) is 7.78. The topological polar surface area (TPSA) is 20.5 Å². The molecule has 62 heavy (non-hydrogen) atoms. The predicted molar refractivity (Wildman–Crippen MR) is 259 cm³/mol. The fourth-order valence-corrected chi connectivity index (χ4v) is 10.7. The van der Waals surface area contributed by atoms with Gasteiger partial charge in [0, 0.05) is 49.8 Å². The molecule has 0 N–H and O–H groups in total. The van der Waals surface area contributed by atoms with Crippen molar-refractivity contribution in [2.24, 2.45) is 0 Å². The molecule has 0 radical (unpaired) electrons. The van der Waals surface area contributed by atoms with Gasteiger partial charge in [0.1, 0.15) is 5.69 Å². The molecule has 0 atom stereocenters. The lowest BCUT2D eigenvalue weighted by molar-refractivity contribution is 0.660. The molecule has 0 fully saturated rings. The van der Waals surface area contributed by atoms with Crippen molar-refractivity contribution in [2.75, 3.05) is 4.90 Å². The van der Waals surface area contributed by atoms with Crippen LogP contribution in [-0.4, -0.2) is 9.61 Å². The van der Waals surface area contributed by atoms with Crippen molar-refractivity contribution in [1.29, 1.82) is 0 Å². The van der Waals surface area contributed by atoms with Gasteiger partial charge in [-0.15, -0.1) is 0 Å². The standard InChI is InChI=1S/C59H45N3/c1-58(2)49-28-17-15-26-47(49)55-50(58)29-18-30-52(55)61(43-32-34-46-45-25-14-16-27-48(45)59(3,4)51(46)37-43)42-31-33-44-41(35-42)36-53(38-19-8-5-9-20-38)62-57(44)54(39-21-10-6-11-22-39)56(60-62)40-23-12-7-13-24-40/h5-37H,1-4H3. The normalized spacial score (nSPS) is 14.1. The fraction of sp³-hybridized carbons (Fsp3) is 0.102. The van der Waals surface area contributed by atoms with E-state index in [-0.39, 0.29) is 10.8 Å². The molecule has 2 aliphatic rings. The van der Waals surface area contributed by atoms with Crippen LogP contribution in [-0.2, 0) is 10.8 Å². The first-order chi connectivity index (χ1) is 30.3. The highest BCUT2D eigenvalue weighted by Crippen LogP contribution is 2.56. The van der Waals surface area contributed by atoms with Gasteiger partial charge >= 0.3 is 0 Å². The number of aromatic nitrogens is 2. The average Bonchev–Trinajstić information content (AvgIpc) is 3.91. The molecule has 8 aromatic carbocycles. The SMILES string of the molecule is CC1(C)c2ccccc2-c2ccc(N(c3ccc4c(c3)cc(-c3ccccc3)n3nc(-c5ccccc5)c(-c5ccccc5)c43)c3cccc4c3-c3ccccc3C4(C)C)cc21. The first kappa shape index (κ1) is 36.4. The maximum Gasteiger partial charge on any atom is 0.101 e. The number of hydrogen-bond acceptors (Lipinski definition) is 2. The molecule has 2 aliphatic carbocycles. The lowest BCUT2D eigenvalue weighted by Crippen LogP contribution is -2.17. The van der Waals surface area contributed by atoms with E-state index in [1.807, 2.05) is 0 Å². The Bertz CT molecular complexity index is 3390. The number of rotatable bonds is 6. The third-order valence-electron chi connectivity index (χ3n) is 13.8. The molecule has 0 bridgehead atoms. The average molecular weight is 796 g/mol. The minimum Gasteiger partial charge on any atom is -0.310 e. The highest BCUT2D eigenvalue weighted by molar-refractivity contribution is 6.10. The van der Waals surface area contributed by atoms with Gasteiger partial charge in [-0.1, -0.05) is 191 Å². The minimum absolute atomic E-state index is 0.138. The Morgan fingerprint density at radius 3 is 1.69 bits per heavy atom. The first-order valence-corrected chi connectivity index (χ1v) is 21.7. The Labute approximate surface area is 363 Å². The predicted octanol–water partition coefficient (Wildman–Crippen LogP) is 15.6. The lowest BCUT2D eigenvalue weighted by Gasteiger charge is -2.30. The number of anilines is 3.